The van der Waals surface area contributed by atoms with Crippen LogP contribution in [0.4, 0.5) is 13.2 Å². The van der Waals surface area contributed by atoms with Crippen LogP contribution in [0.25, 0.3) is 0 Å². The van der Waals surface area contributed by atoms with Crippen LogP contribution in [0.5, 0.6) is 0 Å². The third-order valence-corrected chi connectivity index (χ3v) is 5.19. The number of nitrogens with zero attached hydrogens (tertiary/aromatic N) is 2. The molecule has 30 heavy (non-hydrogen) atoms. The molecule has 2 aromatic heterocycles. The summed E-state index contributed by atoms with van der Waals surface area (Å²) >= 11 is 1.64. The first kappa shape index (κ1) is 21.9. The molecule has 0 aliphatic rings. The monoisotopic (exact) mass is 436 g/mol. The van der Waals surface area contributed by atoms with Gasteiger partial charge in [0.05, 0.1) is 23.4 Å². The highest BCUT2D eigenvalue weighted by Gasteiger charge is 2.30. The summed E-state index contributed by atoms with van der Waals surface area (Å²) in [6.07, 6.45) is 0.494. The van der Waals surface area contributed by atoms with Crippen molar-refractivity contribution in [2.24, 2.45) is 4.99 Å². The summed E-state index contributed by atoms with van der Waals surface area (Å²) in [5.74, 6) is 1.38. The zero-order chi connectivity index (χ0) is 21.4. The van der Waals surface area contributed by atoms with Crippen molar-refractivity contribution < 1.29 is 17.6 Å². The van der Waals surface area contributed by atoms with Gasteiger partial charge in [-0.25, -0.2) is 9.98 Å². The van der Waals surface area contributed by atoms with Crippen LogP contribution in [0.1, 0.15) is 26.8 Å². The van der Waals surface area contributed by atoms with E-state index < -0.39 is 11.7 Å². The lowest BCUT2D eigenvalue weighted by Gasteiger charge is -2.12. The van der Waals surface area contributed by atoms with Gasteiger partial charge in [-0.15, -0.1) is 11.3 Å². The molecule has 0 bridgehead atoms. The van der Waals surface area contributed by atoms with Gasteiger partial charge in [0.25, 0.3) is 0 Å². The van der Waals surface area contributed by atoms with Crippen molar-refractivity contribution in [2.75, 3.05) is 13.1 Å². The number of aromatic nitrogens is 1. The number of hydrogen-bond acceptors (Lipinski definition) is 4. The van der Waals surface area contributed by atoms with E-state index in [1.165, 1.54) is 6.07 Å². The second-order valence-electron chi connectivity index (χ2n) is 6.66. The second kappa shape index (κ2) is 10.3. The number of halogens is 3. The first-order valence-corrected chi connectivity index (χ1v) is 10.3. The number of aliphatic imine (C=N–C) groups is 1. The average Bonchev–Trinajstić information content (AvgIpc) is 3.37. The molecule has 0 atom stereocenters. The van der Waals surface area contributed by atoms with Crippen molar-refractivity contribution in [1.29, 1.82) is 0 Å². The van der Waals surface area contributed by atoms with Crippen molar-refractivity contribution in [2.45, 2.75) is 32.5 Å². The Hall–Kier alpha value is -2.81. The molecule has 0 aliphatic carbocycles. The molecule has 5 nitrogen and oxygen atoms in total. The highest BCUT2D eigenvalue weighted by molar-refractivity contribution is 7.11. The van der Waals surface area contributed by atoms with Crippen molar-refractivity contribution in [3.05, 3.63) is 75.6 Å². The van der Waals surface area contributed by atoms with Crippen LogP contribution in [0.3, 0.4) is 0 Å². The van der Waals surface area contributed by atoms with Gasteiger partial charge in [0.2, 0.25) is 0 Å². The first-order chi connectivity index (χ1) is 14.4. The van der Waals surface area contributed by atoms with Gasteiger partial charge >= 0.3 is 6.18 Å². The number of thiazole rings is 1. The molecule has 1 aromatic carbocycles. The Morgan fingerprint density at radius 2 is 1.93 bits per heavy atom. The van der Waals surface area contributed by atoms with Crippen LogP contribution in [0, 0.1) is 6.92 Å². The Kier molecular flexibility index (Phi) is 7.51. The molecule has 0 fully saturated rings. The van der Waals surface area contributed by atoms with Gasteiger partial charge in [-0.05, 0) is 36.8 Å². The Morgan fingerprint density at radius 1 is 1.13 bits per heavy atom. The van der Waals surface area contributed by atoms with E-state index in [0.717, 1.165) is 34.2 Å². The number of alkyl halides is 3. The lowest BCUT2D eigenvalue weighted by atomic mass is 10.1. The van der Waals surface area contributed by atoms with E-state index in [4.69, 9.17) is 4.42 Å². The van der Waals surface area contributed by atoms with E-state index in [2.05, 4.69) is 20.6 Å². The van der Waals surface area contributed by atoms with Gasteiger partial charge in [-0.2, -0.15) is 13.2 Å². The van der Waals surface area contributed by atoms with E-state index in [9.17, 15) is 13.2 Å². The molecule has 3 aromatic rings. The normalized spacial score (nSPS) is 12.2. The molecule has 0 saturated carbocycles. The molecule has 9 heteroatoms. The zero-order valence-electron chi connectivity index (χ0n) is 16.5. The fraction of sp³-hybridized carbons (Fsp3) is 0.333. The summed E-state index contributed by atoms with van der Waals surface area (Å²) in [5, 5.41) is 7.45. The quantitative estimate of drug-likeness (QED) is 0.401. The van der Waals surface area contributed by atoms with E-state index in [1.54, 1.807) is 23.7 Å². The van der Waals surface area contributed by atoms with Crippen molar-refractivity contribution in [3.63, 3.8) is 0 Å². The number of nitrogens with one attached hydrogen (secondary N) is 2. The Bertz CT molecular complexity index is 951. The molecular formula is C21H23F3N4OS. The summed E-state index contributed by atoms with van der Waals surface area (Å²) < 4.78 is 44.1. The maximum absolute atomic E-state index is 12.9. The van der Waals surface area contributed by atoms with Crippen LogP contribution in [-0.2, 0) is 25.6 Å². The first-order valence-electron chi connectivity index (χ1n) is 9.52. The van der Waals surface area contributed by atoms with Crippen LogP contribution in [-0.4, -0.2) is 24.0 Å². The fourth-order valence-electron chi connectivity index (χ4n) is 2.75. The van der Waals surface area contributed by atoms with E-state index >= 15 is 0 Å². The molecule has 2 heterocycles. The van der Waals surface area contributed by atoms with Gasteiger partial charge in [-0.1, -0.05) is 12.1 Å². The molecule has 3 rings (SSSR count). The third-order valence-electron chi connectivity index (χ3n) is 4.22. The minimum absolute atomic E-state index is 0.135. The van der Waals surface area contributed by atoms with Crippen LogP contribution in [0.2, 0.25) is 0 Å². The maximum atomic E-state index is 12.9. The molecule has 0 unspecified atom stereocenters. The van der Waals surface area contributed by atoms with Gasteiger partial charge in [-0.3, -0.25) is 0 Å². The maximum Gasteiger partial charge on any atom is 0.416 e. The predicted octanol–water partition coefficient (Wildman–Crippen LogP) is 4.58. The Labute approximate surface area is 177 Å². The highest BCUT2D eigenvalue weighted by atomic mass is 32.1. The van der Waals surface area contributed by atoms with Crippen LogP contribution >= 0.6 is 11.3 Å². The van der Waals surface area contributed by atoms with E-state index in [0.29, 0.717) is 31.0 Å². The third kappa shape index (κ3) is 6.91. The van der Waals surface area contributed by atoms with Crippen molar-refractivity contribution in [3.8, 4) is 0 Å². The summed E-state index contributed by atoms with van der Waals surface area (Å²) in [7, 11) is 0. The molecule has 2 N–H and O–H groups in total. The average molecular weight is 437 g/mol. The van der Waals surface area contributed by atoms with Crippen LogP contribution < -0.4 is 10.6 Å². The number of aryl methyl sites for hydroxylation is 1. The fourth-order valence-corrected chi connectivity index (χ4v) is 3.54. The van der Waals surface area contributed by atoms with E-state index in [1.807, 2.05) is 25.3 Å². The SMILES string of the molecule is Cc1cnc(CCNC(=NCc2cccc(C(F)(F)F)c2)NCCc2ccco2)s1. The Morgan fingerprint density at radius 3 is 2.60 bits per heavy atom. The number of guanidine groups is 1. The topological polar surface area (TPSA) is 62.5 Å². The summed E-state index contributed by atoms with van der Waals surface area (Å²) in [4.78, 5) is 9.94. The smallest absolute Gasteiger partial charge is 0.416 e. The molecule has 0 aliphatic heterocycles. The minimum Gasteiger partial charge on any atom is -0.469 e. The minimum atomic E-state index is -4.37. The van der Waals surface area contributed by atoms with Gasteiger partial charge < -0.3 is 15.1 Å². The standard InChI is InChI=1S/C21H23F3N4OS/c1-15-13-27-19(30-15)8-10-26-20(25-9-7-18-6-3-11-29-18)28-14-16-4-2-5-17(12-16)21(22,23)24/h2-6,11-13H,7-10,14H2,1H3,(H2,25,26,28). The van der Waals surface area contributed by atoms with Gasteiger partial charge in [0.1, 0.15) is 5.76 Å². The lowest BCUT2D eigenvalue weighted by molar-refractivity contribution is -0.137. The largest absolute Gasteiger partial charge is 0.469 e. The highest BCUT2D eigenvalue weighted by Crippen LogP contribution is 2.29. The molecule has 0 radical (unpaired) electrons. The van der Waals surface area contributed by atoms with E-state index in [-0.39, 0.29) is 6.54 Å². The Balaban J connectivity index is 1.61. The molecular weight excluding hydrogens is 413 g/mol. The predicted molar refractivity (Wildman–Crippen MR) is 112 cm³/mol. The van der Waals surface area contributed by atoms with Gasteiger partial charge in [0, 0.05) is 37.0 Å². The number of furan rings is 1. The number of rotatable bonds is 8. The summed E-state index contributed by atoms with van der Waals surface area (Å²) in [5.41, 5.74) is -0.179. The molecule has 0 saturated heterocycles. The molecule has 0 amide bonds. The van der Waals surface area contributed by atoms with Crippen molar-refractivity contribution >= 4 is 17.3 Å². The van der Waals surface area contributed by atoms with Crippen LogP contribution in [0.15, 0.2) is 58.3 Å². The molecule has 0 spiro atoms. The summed E-state index contributed by atoms with van der Waals surface area (Å²) in [6, 6.07) is 8.94. The summed E-state index contributed by atoms with van der Waals surface area (Å²) in [6.45, 7) is 3.34. The number of benzene rings is 1. The molecule has 160 valence electrons. The zero-order valence-corrected chi connectivity index (χ0v) is 17.3. The number of hydrogen-bond donors (Lipinski definition) is 2. The second-order valence-corrected chi connectivity index (χ2v) is 7.98. The van der Waals surface area contributed by atoms with Gasteiger partial charge in [0.15, 0.2) is 5.96 Å². The van der Waals surface area contributed by atoms with Crippen molar-refractivity contribution in [1.82, 2.24) is 15.6 Å². The lowest BCUT2D eigenvalue weighted by Crippen LogP contribution is -2.39.